The van der Waals surface area contributed by atoms with Crippen molar-refractivity contribution in [1.29, 1.82) is 0 Å². The molecule has 0 saturated carbocycles. The summed E-state index contributed by atoms with van der Waals surface area (Å²) in [5, 5.41) is 2.64. The van der Waals surface area contributed by atoms with Gasteiger partial charge in [-0.25, -0.2) is 8.42 Å². The van der Waals surface area contributed by atoms with Gasteiger partial charge in [-0.1, -0.05) is 0 Å². The van der Waals surface area contributed by atoms with Crippen LogP contribution >= 0.6 is 0 Å². The smallest absolute Gasteiger partial charge is 0.246 e. The minimum Gasteiger partial charge on any atom is -0.369 e. The SMILES string of the molecule is O=C1COCC2(CS(=O)(=O)C2)N1. The van der Waals surface area contributed by atoms with Crippen molar-refractivity contribution in [3.63, 3.8) is 0 Å². The Morgan fingerprint density at radius 1 is 1.42 bits per heavy atom. The summed E-state index contributed by atoms with van der Waals surface area (Å²) in [5.74, 6) is -0.187. The normalized spacial score (nSPS) is 30.8. The van der Waals surface area contributed by atoms with Gasteiger partial charge in [-0.2, -0.15) is 0 Å². The molecule has 1 spiro atoms. The van der Waals surface area contributed by atoms with Gasteiger partial charge in [0.2, 0.25) is 5.91 Å². The Kier molecular flexibility index (Phi) is 1.47. The van der Waals surface area contributed by atoms with Gasteiger partial charge >= 0.3 is 0 Å². The number of amides is 1. The van der Waals surface area contributed by atoms with Crippen LogP contribution in [0.5, 0.6) is 0 Å². The number of carbonyl (C=O) groups excluding carboxylic acids is 1. The van der Waals surface area contributed by atoms with E-state index in [0.717, 1.165) is 0 Å². The predicted molar refractivity (Wildman–Crippen MR) is 40.3 cm³/mol. The molecule has 0 aromatic carbocycles. The Labute approximate surface area is 70.0 Å². The van der Waals surface area contributed by atoms with E-state index in [-0.39, 0.29) is 24.0 Å². The van der Waals surface area contributed by atoms with Gasteiger partial charge in [0.1, 0.15) is 6.61 Å². The highest BCUT2D eigenvalue weighted by molar-refractivity contribution is 7.93. The molecule has 2 aliphatic rings. The molecule has 0 aromatic heterocycles. The maximum atomic E-state index is 10.9. The molecule has 68 valence electrons. The molecule has 2 aliphatic heterocycles. The average molecular weight is 191 g/mol. The van der Waals surface area contributed by atoms with E-state index in [1.165, 1.54) is 0 Å². The van der Waals surface area contributed by atoms with Crippen LogP contribution in [0.3, 0.4) is 0 Å². The molecular weight excluding hydrogens is 182 g/mol. The van der Waals surface area contributed by atoms with Crippen LogP contribution in [-0.4, -0.2) is 44.6 Å². The molecule has 0 unspecified atom stereocenters. The van der Waals surface area contributed by atoms with Crippen molar-refractivity contribution in [2.45, 2.75) is 5.54 Å². The zero-order valence-corrected chi connectivity index (χ0v) is 7.19. The molecule has 12 heavy (non-hydrogen) atoms. The van der Waals surface area contributed by atoms with Crippen molar-refractivity contribution >= 4 is 15.7 Å². The highest BCUT2D eigenvalue weighted by Gasteiger charge is 2.51. The molecule has 6 heteroatoms. The van der Waals surface area contributed by atoms with Crippen LogP contribution in [0.15, 0.2) is 0 Å². The van der Waals surface area contributed by atoms with E-state index in [1.807, 2.05) is 0 Å². The Hall–Kier alpha value is -0.620. The number of ether oxygens (including phenoxy) is 1. The van der Waals surface area contributed by atoms with E-state index in [1.54, 1.807) is 0 Å². The van der Waals surface area contributed by atoms with Crippen molar-refractivity contribution in [3.8, 4) is 0 Å². The van der Waals surface area contributed by atoms with Gasteiger partial charge in [-0.3, -0.25) is 4.79 Å². The molecule has 0 aliphatic carbocycles. The quantitative estimate of drug-likeness (QED) is 0.495. The summed E-state index contributed by atoms with van der Waals surface area (Å²) in [5.41, 5.74) is -0.603. The monoisotopic (exact) mass is 191 g/mol. The average Bonchev–Trinajstić information content (AvgIpc) is 1.81. The number of nitrogens with one attached hydrogen (secondary N) is 1. The van der Waals surface area contributed by atoms with Crippen molar-refractivity contribution in [2.24, 2.45) is 0 Å². The molecule has 2 fully saturated rings. The lowest BCUT2D eigenvalue weighted by Gasteiger charge is -2.43. The zero-order chi connectivity index (χ0) is 8.82. The lowest BCUT2D eigenvalue weighted by molar-refractivity contribution is -0.134. The summed E-state index contributed by atoms with van der Waals surface area (Å²) in [6.45, 7) is 0.361. The second-order valence-electron chi connectivity index (χ2n) is 3.35. The highest BCUT2D eigenvalue weighted by atomic mass is 32.2. The van der Waals surface area contributed by atoms with E-state index in [4.69, 9.17) is 4.74 Å². The fraction of sp³-hybridized carbons (Fsp3) is 0.833. The first-order valence-electron chi connectivity index (χ1n) is 3.61. The minimum atomic E-state index is -2.91. The maximum absolute atomic E-state index is 10.9. The molecule has 2 rings (SSSR count). The van der Waals surface area contributed by atoms with Crippen molar-refractivity contribution in [1.82, 2.24) is 5.32 Å². The summed E-state index contributed by atoms with van der Waals surface area (Å²) >= 11 is 0. The summed E-state index contributed by atoms with van der Waals surface area (Å²) in [6, 6.07) is 0. The van der Waals surface area contributed by atoms with Gasteiger partial charge in [0.05, 0.1) is 23.7 Å². The molecule has 2 heterocycles. The summed E-state index contributed by atoms with van der Waals surface area (Å²) < 4.78 is 26.7. The van der Waals surface area contributed by atoms with Gasteiger partial charge in [-0.05, 0) is 0 Å². The molecular formula is C6H9NO4S. The second-order valence-corrected chi connectivity index (χ2v) is 5.42. The molecule has 1 N–H and O–H groups in total. The summed E-state index contributed by atoms with van der Waals surface area (Å²) in [4.78, 5) is 10.9. The first-order chi connectivity index (χ1) is 5.52. The van der Waals surface area contributed by atoms with E-state index in [9.17, 15) is 13.2 Å². The first-order valence-corrected chi connectivity index (χ1v) is 5.43. The lowest BCUT2D eigenvalue weighted by Crippen LogP contribution is -2.70. The van der Waals surface area contributed by atoms with E-state index in [2.05, 4.69) is 5.32 Å². The van der Waals surface area contributed by atoms with Gasteiger partial charge in [0, 0.05) is 0 Å². The Morgan fingerprint density at radius 2 is 2.08 bits per heavy atom. The molecule has 0 aromatic rings. The van der Waals surface area contributed by atoms with E-state index >= 15 is 0 Å². The Morgan fingerprint density at radius 3 is 2.58 bits per heavy atom. The van der Waals surface area contributed by atoms with Crippen LogP contribution in [0.4, 0.5) is 0 Å². The van der Waals surface area contributed by atoms with Crippen LogP contribution in [-0.2, 0) is 19.4 Å². The van der Waals surface area contributed by atoms with Crippen LogP contribution in [0.2, 0.25) is 0 Å². The van der Waals surface area contributed by atoms with Crippen molar-refractivity contribution < 1.29 is 17.9 Å². The number of hydrogen-bond donors (Lipinski definition) is 1. The fourth-order valence-electron chi connectivity index (χ4n) is 1.66. The Bertz CT molecular complexity index is 308. The second kappa shape index (κ2) is 2.20. The van der Waals surface area contributed by atoms with Crippen LogP contribution in [0, 0.1) is 0 Å². The fourth-order valence-corrected chi connectivity index (χ4v) is 3.57. The van der Waals surface area contributed by atoms with E-state index in [0.29, 0.717) is 6.61 Å². The third-order valence-corrected chi connectivity index (χ3v) is 3.99. The summed E-state index contributed by atoms with van der Waals surface area (Å²) in [6.07, 6.45) is 0. The van der Waals surface area contributed by atoms with Crippen LogP contribution in [0.25, 0.3) is 0 Å². The lowest BCUT2D eigenvalue weighted by atomic mass is 10.0. The molecule has 0 radical (unpaired) electrons. The Balaban J connectivity index is 2.10. The standard InChI is InChI=1S/C6H9NO4S/c8-5-1-11-2-6(7-5)3-12(9,10)4-6/h1-4H2,(H,7,8). The highest BCUT2D eigenvalue weighted by Crippen LogP contribution is 2.25. The van der Waals surface area contributed by atoms with Crippen LogP contribution < -0.4 is 5.32 Å². The summed E-state index contributed by atoms with van der Waals surface area (Å²) in [7, 11) is -2.91. The van der Waals surface area contributed by atoms with Gasteiger partial charge in [-0.15, -0.1) is 0 Å². The predicted octanol–water partition coefficient (Wildman–Crippen LogP) is -1.70. The third kappa shape index (κ3) is 1.21. The number of morpholine rings is 1. The van der Waals surface area contributed by atoms with Gasteiger partial charge in [0.25, 0.3) is 0 Å². The van der Waals surface area contributed by atoms with E-state index < -0.39 is 15.4 Å². The van der Waals surface area contributed by atoms with Crippen molar-refractivity contribution in [2.75, 3.05) is 24.7 Å². The molecule has 1 amide bonds. The van der Waals surface area contributed by atoms with Crippen molar-refractivity contribution in [3.05, 3.63) is 0 Å². The van der Waals surface area contributed by atoms with Gasteiger partial charge in [0.15, 0.2) is 9.84 Å². The first kappa shape index (κ1) is 8.00. The number of hydrogen-bond acceptors (Lipinski definition) is 4. The third-order valence-electron chi connectivity index (χ3n) is 2.01. The minimum absolute atomic E-state index is 0.0196. The number of sulfone groups is 1. The molecule has 5 nitrogen and oxygen atoms in total. The number of carbonyl (C=O) groups is 1. The van der Waals surface area contributed by atoms with Crippen LogP contribution in [0.1, 0.15) is 0 Å². The molecule has 2 saturated heterocycles. The number of rotatable bonds is 0. The molecule has 0 bridgehead atoms. The largest absolute Gasteiger partial charge is 0.369 e. The van der Waals surface area contributed by atoms with Gasteiger partial charge < -0.3 is 10.1 Å². The zero-order valence-electron chi connectivity index (χ0n) is 6.37. The maximum Gasteiger partial charge on any atom is 0.246 e. The topological polar surface area (TPSA) is 72.5 Å². The molecule has 0 atom stereocenters.